The fraction of sp³-hybridized carbons (Fsp3) is 0. The molecular formula is C10H7BrClFN4O2S. The van der Waals surface area contributed by atoms with Gasteiger partial charge in [-0.15, -0.1) is 0 Å². The van der Waals surface area contributed by atoms with Crippen LogP contribution in [0.1, 0.15) is 0 Å². The highest BCUT2D eigenvalue weighted by Crippen LogP contribution is 2.27. The van der Waals surface area contributed by atoms with Crippen molar-refractivity contribution < 1.29 is 12.8 Å². The number of nitrogens with one attached hydrogen (secondary N) is 1. The van der Waals surface area contributed by atoms with Gasteiger partial charge >= 0.3 is 0 Å². The van der Waals surface area contributed by atoms with Crippen LogP contribution in [0.2, 0.25) is 5.02 Å². The van der Waals surface area contributed by atoms with Gasteiger partial charge in [-0.1, -0.05) is 11.6 Å². The molecule has 0 spiro atoms. The quantitative estimate of drug-likeness (QED) is 0.796. The van der Waals surface area contributed by atoms with E-state index in [9.17, 15) is 12.8 Å². The average molecular weight is 382 g/mol. The van der Waals surface area contributed by atoms with Crippen LogP contribution in [-0.4, -0.2) is 18.4 Å². The molecule has 20 heavy (non-hydrogen) atoms. The fourth-order valence-electron chi connectivity index (χ4n) is 1.31. The van der Waals surface area contributed by atoms with Crippen molar-refractivity contribution in [2.75, 3.05) is 10.5 Å². The molecule has 1 aromatic carbocycles. The van der Waals surface area contributed by atoms with Gasteiger partial charge in [-0.2, -0.15) is 0 Å². The Hall–Kier alpha value is -1.45. The molecule has 106 valence electrons. The van der Waals surface area contributed by atoms with Crippen LogP contribution >= 0.6 is 27.5 Å². The van der Waals surface area contributed by atoms with Crippen LogP contribution in [0.4, 0.5) is 15.9 Å². The first-order valence-electron chi connectivity index (χ1n) is 5.04. The summed E-state index contributed by atoms with van der Waals surface area (Å²) in [5.41, 5.74) is 5.02. The highest BCUT2D eigenvalue weighted by atomic mass is 79.9. The number of aromatic nitrogens is 2. The molecule has 1 aromatic heterocycles. The van der Waals surface area contributed by atoms with E-state index in [0.717, 1.165) is 12.1 Å². The fourth-order valence-corrected chi connectivity index (χ4v) is 3.06. The van der Waals surface area contributed by atoms with Crippen LogP contribution in [-0.2, 0) is 10.0 Å². The van der Waals surface area contributed by atoms with Crippen molar-refractivity contribution in [3.8, 4) is 0 Å². The molecule has 0 radical (unpaired) electrons. The second-order valence-corrected chi connectivity index (χ2v) is 6.50. The van der Waals surface area contributed by atoms with E-state index < -0.39 is 15.8 Å². The topological polar surface area (TPSA) is 98.0 Å². The Balaban J connectivity index is 2.40. The minimum Gasteiger partial charge on any atom is -0.396 e. The maximum Gasteiger partial charge on any atom is 0.264 e. The number of benzene rings is 1. The maximum absolute atomic E-state index is 13.2. The van der Waals surface area contributed by atoms with E-state index in [4.69, 9.17) is 17.3 Å². The molecule has 0 amide bonds. The molecule has 0 saturated heterocycles. The normalized spacial score (nSPS) is 11.3. The van der Waals surface area contributed by atoms with Gasteiger partial charge in [-0.25, -0.2) is 22.8 Å². The number of nitrogen functional groups attached to an aromatic ring is 1. The van der Waals surface area contributed by atoms with E-state index in [0.29, 0.717) is 4.60 Å². The second-order valence-electron chi connectivity index (χ2n) is 3.63. The van der Waals surface area contributed by atoms with Crippen molar-refractivity contribution in [1.82, 2.24) is 9.97 Å². The third kappa shape index (κ3) is 3.17. The number of nitrogens with two attached hydrogens (primary N) is 1. The molecule has 2 aromatic rings. The number of rotatable bonds is 3. The molecule has 6 nitrogen and oxygen atoms in total. The van der Waals surface area contributed by atoms with E-state index in [2.05, 4.69) is 30.6 Å². The standard InChI is InChI=1S/C10H7BrClFN4O2S/c11-9-3-16-10(4-15-9)17-20(18,19)8-2-7(14)6(13)1-5(8)12/h1-4H,14H2,(H,16,17). The molecular weight excluding hydrogens is 375 g/mol. The van der Waals surface area contributed by atoms with Gasteiger partial charge < -0.3 is 5.73 Å². The van der Waals surface area contributed by atoms with E-state index in [1.807, 2.05) is 0 Å². The molecule has 3 N–H and O–H groups in total. The summed E-state index contributed by atoms with van der Waals surface area (Å²) in [6.07, 6.45) is 2.53. The van der Waals surface area contributed by atoms with Crippen LogP contribution in [0.25, 0.3) is 0 Å². The smallest absolute Gasteiger partial charge is 0.264 e. The molecule has 0 unspecified atom stereocenters. The first-order chi connectivity index (χ1) is 9.29. The summed E-state index contributed by atoms with van der Waals surface area (Å²) in [6.45, 7) is 0. The first-order valence-corrected chi connectivity index (χ1v) is 7.70. The maximum atomic E-state index is 13.2. The summed E-state index contributed by atoms with van der Waals surface area (Å²) in [7, 11) is -4.04. The molecule has 0 saturated carbocycles. The Morgan fingerprint density at radius 2 is 2.00 bits per heavy atom. The van der Waals surface area contributed by atoms with E-state index in [1.165, 1.54) is 12.4 Å². The van der Waals surface area contributed by atoms with Crippen LogP contribution in [0.15, 0.2) is 34.0 Å². The van der Waals surface area contributed by atoms with Crippen molar-refractivity contribution in [3.63, 3.8) is 0 Å². The van der Waals surface area contributed by atoms with Crippen molar-refractivity contribution in [1.29, 1.82) is 0 Å². The average Bonchev–Trinajstić information content (AvgIpc) is 2.36. The minimum atomic E-state index is -4.04. The number of hydrogen-bond acceptors (Lipinski definition) is 5. The molecule has 0 atom stereocenters. The highest BCUT2D eigenvalue weighted by molar-refractivity contribution is 9.10. The minimum absolute atomic E-state index is 0.00726. The molecule has 0 fully saturated rings. The Morgan fingerprint density at radius 3 is 2.60 bits per heavy atom. The van der Waals surface area contributed by atoms with Crippen molar-refractivity contribution in [2.24, 2.45) is 0 Å². The SMILES string of the molecule is Nc1cc(S(=O)(=O)Nc2cnc(Br)cn2)c(Cl)cc1F. The first kappa shape index (κ1) is 14.9. The molecule has 0 aliphatic heterocycles. The zero-order valence-electron chi connectivity index (χ0n) is 9.64. The summed E-state index contributed by atoms with van der Waals surface area (Å²) < 4.78 is 40.0. The Bertz CT molecular complexity index is 755. The van der Waals surface area contributed by atoms with Gasteiger partial charge in [0.2, 0.25) is 0 Å². The second kappa shape index (κ2) is 5.51. The van der Waals surface area contributed by atoms with Crippen molar-refractivity contribution in [3.05, 3.63) is 40.0 Å². The summed E-state index contributed by atoms with van der Waals surface area (Å²) in [5, 5.41) is -0.283. The summed E-state index contributed by atoms with van der Waals surface area (Å²) >= 11 is 8.79. The van der Waals surface area contributed by atoms with E-state index in [-0.39, 0.29) is 21.4 Å². The lowest BCUT2D eigenvalue weighted by Gasteiger charge is -2.09. The third-order valence-electron chi connectivity index (χ3n) is 2.20. The molecule has 0 bridgehead atoms. The van der Waals surface area contributed by atoms with Crippen LogP contribution < -0.4 is 10.5 Å². The molecule has 1 heterocycles. The Kier molecular flexibility index (Phi) is 4.11. The van der Waals surface area contributed by atoms with Gasteiger partial charge in [0, 0.05) is 0 Å². The van der Waals surface area contributed by atoms with Crippen LogP contribution in [0.5, 0.6) is 0 Å². The van der Waals surface area contributed by atoms with Crippen molar-refractivity contribution in [2.45, 2.75) is 4.90 Å². The monoisotopic (exact) mass is 380 g/mol. The van der Waals surface area contributed by atoms with Crippen LogP contribution in [0.3, 0.4) is 0 Å². The van der Waals surface area contributed by atoms with E-state index >= 15 is 0 Å². The van der Waals surface area contributed by atoms with Gasteiger partial charge in [0.25, 0.3) is 10.0 Å². The summed E-state index contributed by atoms with van der Waals surface area (Å²) in [4.78, 5) is 7.29. The van der Waals surface area contributed by atoms with Gasteiger partial charge in [0.15, 0.2) is 5.82 Å². The number of hydrogen-bond donors (Lipinski definition) is 2. The zero-order chi connectivity index (χ0) is 14.9. The van der Waals surface area contributed by atoms with Crippen LogP contribution in [0, 0.1) is 5.82 Å². The number of sulfonamides is 1. The van der Waals surface area contributed by atoms with Gasteiger partial charge in [0.05, 0.1) is 23.1 Å². The summed E-state index contributed by atoms with van der Waals surface area (Å²) in [6, 6.07) is 1.77. The lowest BCUT2D eigenvalue weighted by atomic mass is 10.3. The molecule has 10 heteroatoms. The van der Waals surface area contributed by atoms with Gasteiger partial charge in [-0.3, -0.25) is 4.72 Å². The number of anilines is 2. The Labute approximate surface area is 127 Å². The number of halogens is 3. The van der Waals surface area contributed by atoms with Gasteiger partial charge in [0.1, 0.15) is 15.3 Å². The summed E-state index contributed by atoms with van der Waals surface area (Å²) in [5.74, 6) is -0.801. The largest absolute Gasteiger partial charge is 0.396 e. The lowest BCUT2D eigenvalue weighted by Crippen LogP contribution is -2.15. The highest BCUT2D eigenvalue weighted by Gasteiger charge is 2.20. The lowest BCUT2D eigenvalue weighted by molar-refractivity contribution is 0.600. The predicted octanol–water partition coefficient (Wildman–Crippen LogP) is 2.41. The zero-order valence-corrected chi connectivity index (χ0v) is 12.8. The van der Waals surface area contributed by atoms with E-state index in [1.54, 1.807) is 0 Å². The number of nitrogens with zero attached hydrogens (tertiary/aromatic N) is 2. The van der Waals surface area contributed by atoms with Crippen molar-refractivity contribution >= 4 is 49.1 Å². The van der Waals surface area contributed by atoms with Gasteiger partial charge in [-0.05, 0) is 28.1 Å². The third-order valence-corrected chi connectivity index (χ3v) is 4.43. The Morgan fingerprint density at radius 1 is 1.30 bits per heavy atom. The predicted molar refractivity (Wildman–Crippen MR) is 76.4 cm³/mol. The molecule has 0 aliphatic rings. The molecule has 2 rings (SSSR count). The molecule has 0 aliphatic carbocycles.